The van der Waals surface area contributed by atoms with Crippen molar-refractivity contribution in [2.24, 2.45) is 5.73 Å². The smallest absolute Gasteiger partial charge is 0.349 e. The largest absolute Gasteiger partial charge is 0.351 e. The highest BCUT2D eigenvalue weighted by Crippen LogP contribution is 2.49. The molecule has 0 spiro atoms. The Morgan fingerprint density at radius 1 is 1.41 bits per heavy atom. The Hall–Kier alpha value is -0.610. The summed E-state index contributed by atoms with van der Waals surface area (Å²) in [6.45, 7) is 0.636. The Morgan fingerprint density at radius 2 is 2.00 bits per heavy atom. The molecule has 0 radical (unpaired) electrons. The van der Waals surface area contributed by atoms with Crippen LogP contribution in [0.25, 0.3) is 0 Å². The fraction of sp³-hybridized carbons (Fsp3) is 0.778. The molecule has 1 aliphatic heterocycles. The van der Waals surface area contributed by atoms with Crippen LogP contribution in [0.2, 0.25) is 0 Å². The highest BCUT2D eigenvalue weighted by molar-refractivity contribution is 7.54. The molecule has 1 fully saturated rings. The summed E-state index contributed by atoms with van der Waals surface area (Å²) in [5, 5.41) is 13.7. The van der Waals surface area contributed by atoms with Crippen molar-refractivity contribution in [3.63, 3.8) is 0 Å². The van der Waals surface area contributed by atoms with Crippen LogP contribution in [-0.4, -0.2) is 64.6 Å². The summed E-state index contributed by atoms with van der Waals surface area (Å²) in [7, 11) is -3.44. The van der Waals surface area contributed by atoms with E-state index in [0.717, 1.165) is 0 Å². The average Bonchev–Trinajstić information content (AvgIpc) is 2.46. The van der Waals surface area contributed by atoms with Crippen molar-refractivity contribution in [1.82, 2.24) is 20.1 Å². The van der Waals surface area contributed by atoms with E-state index in [1.807, 2.05) is 0 Å². The first-order valence-electron chi connectivity index (χ1n) is 6.32. The van der Waals surface area contributed by atoms with Crippen LogP contribution in [0.4, 0.5) is 9.59 Å². The van der Waals surface area contributed by atoms with Gasteiger partial charge in [0.1, 0.15) is 0 Å². The van der Waals surface area contributed by atoms with E-state index >= 15 is 0 Å². The van der Waals surface area contributed by atoms with Gasteiger partial charge >= 0.3 is 19.7 Å². The van der Waals surface area contributed by atoms with Crippen LogP contribution < -0.4 is 16.1 Å². The number of hydroxylamine groups is 2. The van der Waals surface area contributed by atoms with Crippen LogP contribution in [0.15, 0.2) is 0 Å². The molecule has 0 aliphatic carbocycles. The van der Waals surface area contributed by atoms with Crippen molar-refractivity contribution in [3.8, 4) is 0 Å². The second-order valence-corrected chi connectivity index (χ2v) is 7.13. The minimum Gasteiger partial charge on any atom is -0.349 e. The van der Waals surface area contributed by atoms with Crippen molar-refractivity contribution < 1.29 is 23.9 Å². The van der Waals surface area contributed by atoms with Gasteiger partial charge in [-0.15, -0.1) is 28.3 Å². The van der Waals surface area contributed by atoms with Crippen LogP contribution in [0.1, 0.15) is 6.42 Å². The third kappa shape index (κ3) is 5.24. The van der Waals surface area contributed by atoms with Crippen LogP contribution in [-0.2, 0) is 9.09 Å². The number of halogens is 2. The second kappa shape index (κ2) is 8.88. The normalized spacial score (nSPS) is 25.0. The Kier molecular flexibility index (Phi) is 7.84. The van der Waals surface area contributed by atoms with Gasteiger partial charge in [-0.25, -0.2) is 19.3 Å². The summed E-state index contributed by atoms with van der Waals surface area (Å²) in [6, 6.07) is -2.47. The van der Waals surface area contributed by atoms with Crippen molar-refractivity contribution in [2.45, 2.75) is 12.6 Å². The highest BCUT2D eigenvalue weighted by atomic mass is 35.5. The van der Waals surface area contributed by atoms with Crippen molar-refractivity contribution in [3.05, 3.63) is 0 Å². The van der Waals surface area contributed by atoms with Gasteiger partial charge in [0.05, 0.1) is 12.8 Å². The molecule has 2 atom stereocenters. The van der Waals surface area contributed by atoms with E-state index in [1.165, 1.54) is 4.67 Å². The standard InChI is InChI=1S/C9H18Cl2N5O5P/c10-2-4-15(5-3-11)22(20)14-7(1-6-21-22)13-9(18)16(19)8(12)17/h7,19H,1-6H2,(H2,12,17)(H,13,18)(H,14,20). The molecule has 5 N–H and O–H groups in total. The topological polar surface area (TPSA) is 137 Å². The Morgan fingerprint density at radius 3 is 2.50 bits per heavy atom. The van der Waals surface area contributed by atoms with Crippen molar-refractivity contribution in [2.75, 3.05) is 31.5 Å². The molecule has 0 aromatic heterocycles. The molecule has 1 rings (SSSR count). The second-order valence-electron chi connectivity index (χ2n) is 4.26. The van der Waals surface area contributed by atoms with Gasteiger partial charge in [0.2, 0.25) is 0 Å². The number of carbonyl (C=O) groups is 2. The van der Waals surface area contributed by atoms with Crippen LogP contribution in [0.5, 0.6) is 0 Å². The summed E-state index contributed by atoms with van der Waals surface area (Å²) in [5.74, 6) is 0.435. The first kappa shape index (κ1) is 19.4. The number of hydrogen-bond donors (Lipinski definition) is 4. The number of alkyl halides is 2. The molecule has 0 aromatic rings. The predicted octanol–water partition coefficient (Wildman–Crippen LogP) is 0.690. The zero-order chi connectivity index (χ0) is 16.8. The molecule has 1 aliphatic rings. The van der Waals surface area contributed by atoms with E-state index in [2.05, 4.69) is 10.4 Å². The quantitative estimate of drug-likeness (QED) is 0.231. The van der Waals surface area contributed by atoms with Gasteiger partial charge in [0.15, 0.2) is 0 Å². The van der Waals surface area contributed by atoms with E-state index in [-0.39, 0.29) is 42.9 Å². The molecule has 1 heterocycles. The van der Waals surface area contributed by atoms with Gasteiger partial charge in [-0.1, -0.05) is 0 Å². The Bertz CT molecular complexity index is 450. The predicted molar refractivity (Wildman–Crippen MR) is 79.9 cm³/mol. The van der Waals surface area contributed by atoms with Crippen LogP contribution in [0, 0.1) is 0 Å². The number of amides is 4. The lowest BCUT2D eigenvalue weighted by Crippen LogP contribution is -2.54. The molecule has 4 amide bonds. The minimum atomic E-state index is -3.44. The number of nitrogens with zero attached hydrogens (tertiary/aromatic N) is 2. The zero-order valence-electron chi connectivity index (χ0n) is 11.6. The zero-order valence-corrected chi connectivity index (χ0v) is 14.0. The lowest BCUT2D eigenvalue weighted by molar-refractivity contribution is -0.000919. The third-order valence-electron chi connectivity index (χ3n) is 2.75. The van der Waals surface area contributed by atoms with Gasteiger partial charge in [-0.05, 0) is 0 Å². The van der Waals surface area contributed by atoms with E-state index < -0.39 is 25.9 Å². The summed E-state index contributed by atoms with van der Waals surface area (Å²) in [4.78, 5) is 22.2. The molecule has 0 saturated carbocycles. The monoisotopic (exact) mass is 377 g/mol. The van der Waals surface area contributed by atoms with E-state index in [0.29, 0.717) is 0 Å². The summed E-state index contributed by atoms with van der Waals surface area (Å²) in [5.41, 5.74) is 4.76. The number of carbonyl (C=O) groups excluding carboxylic acids is 2. The highest BCUT2D eigenvalue weighted by Gasteiger charge is 2.38. The first-order valence-corrected chi connectivity index (χ1v) is 8.97. The number of rotatable bonds is 6. The van der Waals surface area contributed by atoms with Gasteiger partial charge in [0, 0.05) is 31.3 Å². The van der Waals surface area contributed by atoms with E-state index in [1.54, 1.807) is 0 Å². The Labute approximate surface area is 137 Å². The Balaban J connectivity index is 2.72. The lowest BCUT2D eigenvalue weighted by atomic mass is 10.4. The van der Waals surface area contributed by atoms with Crippen LogP contribution in [0.3, 0.4) is 0 Å². The molecule has 10 nitrogen and oxygen atoms in total. The maximum Gasteiger partial charge on any atom is 0.351 e. The molecule has 22 heavy (non-hydrogen) atoms. The number of hydrogen-bond acceptors (Lipinski definition) is 5. The first-order chi connectivity index (χ1) is 10.3. The molecule has 1 saturated heterocycles. The van der Waals surface area contributed by atoms with Crippen LogP contribution >= 0.6 is 30.9 Å². The van der Waals surface area contributed by atoms with Crippen molar-refractivity contribution in [1.29, 1.82) is 0 Å². The number of primary amides is 1. The fourth-order valence-electron chi connectivity index (χ4n) is 1.74. The molecule has 13 heteroatoms. The van der Waals surface area contributed by atoms with Gasteiger partial charge in [-0.3, -0.25) is 9.77 Å². The lowest BCUT2D eigenvalue weighted by Gasteiger charge is -2.37. The molecule has 0 bridgehead atoms. The molecular weight excluding hydrogens is 360 g/mol. The fourth-order valence-corrected chi connectivity index (χ4v) is 4.45. The van der Waals surface area contributed by atoms with E-state index in [9.17, 15) is 14.2 Å². The van der Waals surface area contributed by atoms with Crippen molar-refractivity contribution >= 4 is 42.9 Å². The SMILES string of the molecule is NC(=O)N(O)C(=O)NC1CCOP(=O)(N(CCCl)CCCl)N1. The maximum absolute atomic E-state index is 12.8. The maximum atomic E-state index is 12.8. The number of imide groups is 1. The van der Waals surface area contributed by atoms with Gasteiger partial charge < -0.3 is 15.6 Å². The molecule has 0 aromatic carbocycles. The molecule has 128 valence electrons. The summed E-state index contributed by atoms with van der Waals surface area (Å²) in [6.07, 6.45) is -0.507. The van der Waals surface area contributed by atoms with E-state index in [4.69, 9.17) is 38.7 Å². The minimum absolute atomic E-state index is 0.0955. The number of nitrogens with one attached hydrogen (secondary N) is 2. The van der Waals surface area contributed by atoms with Gasteiger partial charge in [-0.2, -0.15) is 0 Å². The number of urea groups is 2. The molecular formula is C9H18Cl2N5O5P. The summed E-state index contributed by atoms with van der Waals surface area (Å²) < 4.78 is 19.5. The third-order valence-corrected chi connectivity index (χ3v) is 5.40. The average molecular weight is 378 g/mol. The summed E-state index contributed by atoms with van der Waals surface area (Å²) >= 11 is 11.3. The molecule has 2 unspecified atom stereocenters. The number of nitrogens with two attached hydrogens (primary N) is 1. The van der Waals surface area contributed by atoms with Gasteiger partial charge in [0.25, 0.3) is 0 Å².